The van der Waals surface area contributed by atoms with Crippen molar-refractivity contribution in [2.75, 3.05) is 6.54 Å². The summed E-state index contributed by atoms with van der Waals surface area (Å²) in [5.74, 6) is 0.717. The molecule has 2 nitrogen and oxygen atoms in total. The van der Waals surface area contributed by atoms with Crippen LogP contribution in [0, 0.1) is 5.82 Å². The predicted molar refractivity (Wildman–Crippen MR) is 77.7 cm³/mol. The number of benzene rings is 2. The van der Waals surface area contributed by atoms with Crippen LogP contribution in [0.4, 0.5) is 4.39 Å². The maximum Gasteiger partial charge on any atom is 0.127 e. The van der Waals surface area contributed by atoms with Gasteiger partial charge in [0.25, 0.3) is 0 Å². The van der Waals surface area contributed by atoms with Crippen molar-refractivity contribution in [3.63, 3.8) is 0 Å². The molecule has 0 spiro atoms. The summed E-state index contributed by atoms with van der Waals surface area (Å²) in [4.78, 5) is 0. The van der Waals surface area contributed by atoms with Crippen LogP contribution in [0.5, 0.6) is 5.75 Å². The number of nitrogens with one attached hydrogen (secondary N) is 1. The van der Waals surface area contributed by atoms with Gasteiger partial charge in [-0.2, -0.15) is 0 Å². The molecule has 3 rings (SSSR count). The molecule has 1 N–H and O–H groups in total. The molecular formula is C16H15ClFNO. The van der Waals surface area contributed by atoms with Crippen LogP contribution in [0.3, 0.4) is 0 Å². The predicted octanol–water partition coefficient (Wildman–Crippen LogP) is 3.57. The van der Waals surface area contributed by atoms with Crippen molar-refractivity contribution < 1.29 is 9.13 Å². The van der Waals surface area contributed by atoms with Gasteiger partial charge in [0.05, 0.1) is 0 Å². The van der Waals surface area contributed by atoms with Crippen molar-refractivity contribution in [2.24, 2.45) is 0 Å². The Hall–Kier alpha value is -1.58. The summed E-state index contributed by atoms with van der Waals surface area (Å²) in [5, 5.41) is 3.96. The molecule has 0 saturated carbocycles. The SMILES string of the molecule is Fc1ccccc1CNCC1Cc2cc(Cl)ccc2O1. The van der Waals surface area contributed by atoms with Crippen LogP contribution in [-0.4, -0.2) is 12.6 Å². The number of hydrogen-bond acceptors (Lipinski definition) is 2. The fraction of sp³-hybridized carbons (Fsp3) is 0.250. The zero-order valence-electron chi connectivity index (χ0n) is 10.9. The van der Waals surface area contributed by atoms with Gasteiger partial charge in [-0.25, -0.2) is 4.39 Å². The number of halogens is 2. The van der Waals surface area contributed by atoms with E-state index in [-0.39, 0.29) is 11.9 Å². The molecule has 104 valence electrons. The summed E-state index contributed by atoms with van der Waals surface area (Å²) in [5.41, 5.74) is 1.81. The van der Waals surface area contributed by atoms with Gasteiger partial charge >= 0.3 is 0 Å². The van der Waals surface area contributed by atoms with Crippen LogP contribution in [0.2, 0.25) is 5.02 Å². The highest BCUT2D eigenvalue weighted by molar-refractivity contribution is 6.30. The van der Waals surface area contributed by atoms with Gasteiger partial charge in [-0.15, -0.1) is 0 Å². The van der Waals surface area contributed by atoms with Crippen molar-refractivity contribution in [1.82, 2.24) is 5.32 Å². The Morgan fingerprint density at radius 1 is 1.25 bits per heavy atom. The lowest BCUT2D eigenvalue weighted by Crippen LogP contribution is -2.29. The second-order valence-electron chi connectivity index (χ2n) is 4.92. The van der Waals surface area contributed by atoms with E-state index < -0.39 is 0 Å². The van der Waals surface area contributed by atoms with Gasteiger partial charge in [-0.05, 0) is 29.8 Å². The van der Waals surface area contributed by atoms with Crippen LogP contribution < -0.4 is 10.1 Å². The molecular weight excluding hydrogens is 277 g/mol. The molecule has 0 radical (unpaired) electrons. The largest absolute Gasteiger partial charge is 0.488 e. The Kier molecular flexibility index (Phi) is 3.90. The average molecular weight is 292 g/mol. The van der Waals surface area contributed by atoms with Crippen molar-refractivity contribution in [3.8, 4) is 5.75 Å². The Bertz CT molecular complexity index is 617. The molecule has 0 amide bonds. The highest BCUT2D eigenvalue weighted by atomic mass is 35.5. The third-order valence-corrected chi connectivity index (χ3v) is 3.64. The van der Waals surface area contributed by atoms with E-state index in [1.54, 1.807) is 12.1 Å². The quantitative estimate of drug-likeness (QED) is 0.930. The first-order chi connectivity index (χ1) is 9.72. The van der Waals surface area contributed by atoms with E-state index in [1.165, 1.54) is 6.07 Å². The molecule has 0 aromatic heterocycles. The first-order valence-corrected chi connectivity index (χ1v) is 6.99. The Balaban J connectivity index is 1.53. The maximum absolute atomic E-state index is 13.5. The standard InChI is InChI=1S/C16H15ClFNO/c17-13-5-6-16-12(7-13)8-14(20-16)10-19-9-11-3-1-2-4-15(11)18/h1-7,14,19H,8-10H2. The molecule has 1 unspecified atom stereocenters. The molecule has 0 saturated heterocycles. The molecule has 0 bridgehead atoms. The second-order valence-corrected chi connectivity index (χ2v) is 5.35. The highest BCUT2D eigenvalue weighted by Crippen LogP contribution is 2.30. The molecule has 2 aromatic rings. The smallest absolute Gasteiger partial charge is 0.127 e. The highest BCUT2D eigenvalue weighted by Gasteiger charge is 2.22. The van der Waals surface area contributed by atoms with Gasteiger partial charge in [0.15, 0.2) is 0 Å². The van der Waals surface area contributed by atoms with E-state index in [0.29, 0.717) is 18.7 Å². The van der Waals surface area contributed by atoms with Gasteiger partial charge in [-0.3, -0.25) is 0 Å². The van der Waals surface area contributed by atoms with Crippen molar-refractivity contribution in [3.05, 3.63) is 64.4 Å². The van der Waals surface area contributed by atoms with Crippen molar-refractivity contribution in [2.45, 2.75) is 19.1 Å². The van der Waals surface area contributed by atoms with Gasteiger partial charge in [-0.1, -0.05) is 29.8 Å². The summed E-state index contributed by atoms with van der Waals surface area (Å²) in [7, 11) is 0. The topological polar surface area (TPSA) is 21.3 Å². The minimum absolute atomic E-state index is 0.0789. The summed E-state index contributed by atoms with van der Waals surface area (Å²) >= 11 is 5.96. The molecule has 20 heavy (non-hydrogen) atoms. The van der Waals surface area contributed by atoms with E-state index in [1.807, 2.05) is 24.3 Å². The maximum atomic E-state index is 13.5. The lowest BCUT2D eigenvalue weighted by molar-refractivity contribution is 0.227. The summed E-state index contributed by atoms with van der Waals surface area (Å²) in [6, 6.07) is 12.5. The first kappa shape index (κ1) is 13.4. The molecule has 0 fully saturated rings. The Morgan fingerprint density at radius 3 is 2.95 bits per heavy atom. The van der Waals surface area contributed by atoms with Crippen LogP contribution in [0.25, 0.3) is 0 Å². The number of fused-ring (bicyclic) bond motifs is 1. The zero-order valence-corrected chi connectivity index (χ0v) is 11.7. The van der Waals surface area contributed by atoms with Crippen molar-refractivity contribution >= 4 is 11.6 Å². The van der Waals surface area contributed by atoms with E-state index in [0.717, 1.165) is 22.8 Å². The first-order valence-electron chi connectivity index (χ1n) is 6.61. The zero-order chi connectivity index (χ0) is 13.9. The fourth-order valence-electron chi connectivity index (χ4n) is 2.41. The van der Waals surface area contributed by atoms with Gasteiger partial charge in [0.2, 0.25) is 0 Å². The van der Waals surface area contributed by atoms with Crippen LogP contribution in [0.1, 0.15) is 11.1 Å². The molecule has 4 heteroatoms. The number of ether oxygens (including phenoxy) is 1. The average Bonchev–Trinajstić information content (AvgIpc) is 2.83. The van der Waals surface area contributed by atoms with E-state index in [2.05, 4.69) is 5.32 Å². The summed E-state index contributed by atoms with van der Waals surface area (Å²) < 4.78 is 19.3. The van der Waals surface area contributed by atoms with Gasteiger partial charge < -0.3 is 10.1 Å². The van der Waals surface area contributed by atoms with Crippen molar-refractivity contribution in [1.29, 1.82) is 0 Å². The second kappa shape index (κ2) is 5.81. The summed E-state index contributed by atoms with van der Waals surface area (Å²) in [6.45, 7) is 1.18. The van der Waals surface area contributed by atoms with Crippen LogP contribution in [-0.2, 0) is 13.0 Å². The van der Waals surface area contributed by atoms with E-state index in [4.69, 9.17) is 16.3 Å². The van der Waals surface area contributed by atoms with Gasteiger partial charge in [0, 0.05) is 30.1 Å². The minimum Gasteiger partial charge on any atom is -0.488 e. The molecule has 1 aliphatic rings. The molecule has 1 heterocycles. The Labute approximate surface area is 122 Å². The number of hydrogen-bond donors (Lipinski definition) is 1. The molecule has 0 aliphatic carbocycles. The fourth-order valence-corrected chi connectivity index (χ4v) is 2.61. The monoisotopic (exact) mass is 291 g/mol. The third-order valence-electron chi connectivity index (χ3n) is 3.41. The van der Waals surface area contributed by atoms with Gasteiger partial charge in [0.1, 0.15) is 17.7 Å². The molecule has 1 aliphatic heterocycles. The van der Waals surface area contributed by atoms with Crippen LogP contribution >= 0.6 is 11.6 Å². The molecule has 2 aromatic carbocycles. The van der Waals surface area contributed by atoms with E-state index >= 15 is 0 Å². The minimum atomic E-state index is -0.178. The summed E-state index contributed by atoms with van der Waals surface area (Å²) in [6.07, 6.45) is 0.912. The van der Waals surface area contributed by atoms with Crippen LogP contribution in [0.15, 0.2) is 42.5 Å². The van der Waals surface area contributed by atoms with E-state index in [9.17, 15) is 4.39 Å². The lowest BCUT2D eigenvalue weighted by Gasteiger charge is -2.12. The Morgan fingerprint density at radius 2 is 2.10 bits per heavy atom. The third kappa shape index (κ3) is 2.94. The normalized spacial score (nSPS) is 16.8. The number of rotatable bonds is 4. The molecule has 1 atom stereocenters. The lowest BCUT2D eigenvalue weighted by atomic mass is 10.1.